The van der Waals surface area contributed by atoms with Gasteiger partial charge in [-0.3, -0.25) is 14.2 Å². The van der Waals surface area contributed by atoms with Crippen LogP contribution in [0.1, 0.15) is 245 Å². The number of unbranched alkanes of at least 4 members (excludes halogenated alkanes) is 31. The number of hydrogen-bond donors (Lipinski definition) is 0. The highest BCUT2D eigenvalue weighted by atomic mass is 31.2. The molecule has 0 saturated carbocycles. The van der Waals surface area contributed by atoms with Gasteiger partial charge in [0.1, 0.15) is 19.8 Å². The van der Waals surface area contributed by atoms with Crippen LogP contribution in [0, 0.1) is 0 Å². The van der Waals surface area contributed by atoms with Gasteiger partial charge in [0.2, 0.25) is 0 Å². The Kier molecular flexibility index (Phi) is 42.1. The first kappa shape index (κ1) is 58.8. The zero-order valence-electron chi connectivity index (χ0n) is 40.2. The van der Waals surface area contributed by atoms with E-state index in [4.69, 9.17) is 18.5 Å². The van der Waals surface area contributed by atoms with E-state index in [1.165, 1.54) is 180 Å². The van der Waals surface area contributed by atoms with Gasteiger partial charge < -0.3 is 27.9 Å². The van der Waals surface area contributed by atoms with Crippen LogP contribution in [-0.2, 0) is 32.7 Å². The highest BCUT2D eigenvalue weighted by Gasteiger charge is 2.21. The molecule has 0 heterocycles. The van der Waals surface area contributed by atoms with Gasteiger partial charge in [0.25, 0.3) is 7.82 Å². The van der Waals surface area contributed by atoms with Crippen molar-refractivity contribution in [1.82, 2.24) is 0 Å². The second-order valence-corrected chi connectivity index (χ2v) is 20.0. The molecule has 356 valence electrons. The van der Waals surface area contributed by atoms with Crippen LogP contribution in [-0.4, -0.2) is 70.0 Å². The number of nitrogens with zero attached hydrogens (tertiary/aromatic N) is 1. The van der Waals surface area contributed by atoms with Gasteiger partial charge in [0.05, 0.1) is 27.7 Å². The van der Waals surface area contributed by atoms with Crippen LogP contribution >= 0.6 is 7.82 Å². The number of phosphoric acid groups is 1. The maximum absolute atomic E-state index is 12.7. The number of esters is 2. The summed E-state index contributed by atoms with van der Waals surface area (Å²) in [5.74, 6) is -0.876. The Balaban J connectivity index is 4.23. The topological polar surface area (TPSA) is 111 Å². The minimum atomic E-state index is -4.63. The van der Waals surface area contributed by atoms with E-state index < -0.39 is 32.5 Å². The fraction of sp³-hybridized carbons (Fsp3) is 0.920. The quantitative estimate of drug-likeness (QED) is 0.0195. The fourth-order valence-corrected chi connectivity index (χ4v) is 8.05. The largest absolute Gasteiger partial charge is 0.756 e. The highest BCUT2D eigenvalue weighted by molar-refractivity contribution is 7.45. The minimum absolute atomic E-state index is 0.0318. The standard InChI is InChI=1S/C50H98NO8P/c1-6-8-10-12-14-16-18-20-22-23-24-25-26-27-29-31-33-35-37-39-41-43-50(53)59-48(47-58-60(54,55)57-45-44-51(3,4)5)46-56-49(52)42-40-38-36-34-32-30-28-21-19-17-15-13-11-9-7-2/h36,38,48H,6-35,37,39-47H2,1-5H3/b38-36+/t48-/m1/s1. The molecule has 0 rings (SSSR count). The molecular weight excluding hydrogens is 774 g/mol. The van der Waals surface area contributed by atoms with Crippen LogP contribution in [0.15, 0.2) is 12.2 Å². The van der Waals surface area contributed by atoms with Crippen molar-refractivity contribution >= 4 is 19.8 Å². The zero-order chi connectivity index (χ0) is 44.3. The summed E-state index contributed by atoms with van der Waals surface area (Å²) in [6.07, 6.45) is 46.8. The van der Waals surface area contributed by atoms with Crippen molar-refractivity contribution < 1.29 is 42.1 Å². The van der Waals surface area contributed by atoms with Gasteiger partial charge in [-0.15, -0.1) is 0 Å². The van der Waals surface area contributed by atoms with E-state index >= 15 is 0 Å². The first-order valence-corrected chi connectivity index (χ1v) is 26.9. The Morgan fingerprint density at radius 1 is 0.500 bits per heavy atom. The summed E-state index contributed by atoms with van der Waals surface area (Å²) >= 11 is 0. The summed E-state index contributed by atoms with van der Waals surface area (Å²) in [4.78, 5) is 37.6. The molecule has 9 nitrogen and oxygen atoms in total. The Morgan fingerprint density at radius 3 is 1.30 bits per heavy atom. The molecule has 0 aromatic rings. The lowest BCUT2D eigenvalue weighted by molar-refractivity contribution is -0.870. The molecule has 0 aliphatic heterocycles. The number of likely N-dealkylation sites (N-methyl/N-ethyl adjacent to an activating group) is 1. The number of allylic oxidation sites excluding steroid dienone is 2. The Labute approximate surface area is 371 Å². The number of quaternary nitrogens is 1. The van der Waals surface area contributed by atoms with E-state index in [2.05, 4.69) is 19.9 Å². The average molecular weight is 872 g/mol. The summed E-state index contributed by atoms with van der Waals surface area (Å²) in [7, 11) is 1.16. The third-order valence-corrected chi connectivity index (χ3v) is 12.3. The number of carbonyl (C=O) groups excluding carboxylic acids is 2. The first-order valence-electron chi connectivity index (χ1n) is 25.4. The molecule has 0 aromatic heterocycles. The second kappa shape index (κ2) is 43.0. The molecule has 0 N–H and O–H groups in total. The molecule has 2 atom stereocenters. The Bertz CT molecular complexity index is 1030. The van der Waals surface area contributed by atoms with Crippen molar-refractivity contribution in [2.24, 2.45) is 0 Å². The molecule has 0 amide bonds. The van der Waals surface area contributed by atoms with Crippen LogP contribution in [0.5, 0.6) is 0 Å². The molecule has 60 heavy (non-hydrogen) atoms. The fourth-order valence-electron chi connectivity index (χ4n) is 7.32. The maximum Gasteiger partial charge on any atom is 0.306 e. The van der Waals surface area contributed by atoms with Crippen molar-refractivity contribution in [3.8, 4) is 0 Å². The second-order valence-electron chi connectivity index (χ2n) is 18.5. The molecule has 0 aliphatic rings. The van der Waals surface area contributed by atoms with E-state index in [-0.39, 0.29) is 26.1 Å². The lowest BCUT2D eigenvalue weighted by Gasteiger charge is -2.28. The molecule has 0 saturated heterocycles. The predicted octanol–water partition coefficient (Wildman–Crippen LogP) is 14.3. The molecule has 0 spiro atoms. The summed E-state index contributed by atoms with van der Waals surface area (Å²) in [5.41, 5.74) is 0. The number of phosphoric ester groups is 1. The zero-order valence-corrected chi connectivity index (χ0v) is 41.1. The van der Waals surface area contributed by atoms with Crippen LogP contribution < -0.4 is 4.89 Å². The van der Waals surface area contributed by atoms with Crippen molar-refractivity contribution in [2.45, 2.75) is 251 Å². The monoisotopic (exact) mass is 872 g/mol. The van der Waals surface area contributed by atoms with Crippen molar-refractivity contribution in [2.75, 3.05) is 47.5 Å². The molecular formula is C50H98NO8P. The highest BCUT2D eigenvalue weighted by Crippen LogP contribution is 2.38. The minimum Gasteiger partial charge on any atom is -0.756 e. The van der Waals surface area contributed by atoms with E-state index in [1.807, 2.05) is 27.2 Å². The summed E-state index contributed by atoms with van der Waals surface area (Å²) in [6.45, 7) is 4.23. The smallest absolute Gasteiger partial charge is 0.306 e. The van der Waals surface area contributed by atoms with E-state index in [0.717, 1.165) is 25.7 Å². The summed E-state index contributed by atoms with van der Waals surface area (Å²) < 4.78 is 34.0. The van der Waals surface area contributed by atoms with Crippen molar-refractivity contribution in [1.29, 1.82) is 0 Å². The molecule has 1 unspecified atom stereocenters. The molecule has 10 heteroatoms. The van der Waals surface area contributed by atoms with E-state index in [9.17, 15) is 19.0 Å². The molecule has 0 fully saturated rings. The number of ether oxygens (including phenoxy) is 2. The van der Waals surface area contributed by atoms with Gasteiger partial charge in [0, 0.05) is 12.8 Å². The van der Waals surface area contributed by atoms with Crippen molar-refractivity contribution in [3.05, 3.63) is 12.2 Å². The predicted molar refractivity (Wildman–Crippen MR) is 250 cm³/mol. The molecule has 0 radical (unpaired) electrons. The third-order valence-electron chi connectivity index (χ3n) is 11.3. The molecule has 0 aromatic carbocycles. The van der Waals surface area contributed by atoms with Crippen LogP contribution in [0.4, 0.5) is 0 Å². The lowest BCUT2D eigenvalue weighted by Crippen LogP contribution is -2.37. The Morgan fingerprint density at radius 2 is 0.883 bits per heavy atom. The van der Waals surface area contributed by atoms with Gasteiger partial charge >= 0.3 is 11.9 Å². The van der Waals surface area contributed by atoms with Crippen LogP contribution in [0.3, 0.4) is 0 Å². The van der Waals surface area contributed by atoms with Crippen molar-refractivity contribution in [3.63, 3.8) is 0 Å². The normalized spacial score (nSPS) is 13.5. The number of rotatable bonds is 47. The SMILES string of the molecule is CCCCCCCCCCCCC/C=C/CCC(=O)OC[C@H](COP(=O)([O-])OCC[N+](C)(C)C)OC(=O)CCCCCCCCCCCCCCCCCCCCCCC. The average Bonchev–Trinajstić information content (AvgIpc) is 3.20. The summed E-state index contributed by atoms with van der Waals surface area (Å²) in [5, 5.41) is 0. The van der Waals surface area contributed by atoms with Gasteiger partial charge in [-0.1, -0.05) is 219 Å². The Hall–Kier alpha value is -1.25. The number of hydrogen-bond acceptors (Lipinski definition) is 8. The van der Waals surface area contributed by atoms with Gasteiger partial charge in [0.15, 0.2) is 6.10 Å². The first-order chi connectivity index (χ1) is 29.0. The third kappa shape index (κ3) is 46.3. The lowest BCUT2D eigenvalue weighted by atomic mass is 10.0. The van der Waals surface area contributed by atoms with Gasteiger partial charge in [-0.25, -0.2) is 0 Å². The molecule has 0 bridgehead atoms. The van der Waals surface area contributed by atoms with Crippen LogP contribution in [0.25, 0.3) is 0 Å². The molecule has 0 aliphatic carbocycles. The van der Waals surface area contributed by atoms with Gasteiger partial charge in [-0.05, 0) is 25.7 Å². The van der Waals surface area contributed by atoms with E-state index in [1.54, 1.807) is 0 Å². The summed E-state index contributed by atoms with van der Waals surface area (Å²) in [6, 6.07) is 0. The van der Waals surface area contributed by atoms with Crippen LogP contribution in [0.2, 0.25) is 0 Å². The van der Waals surface area contributed by atoms with E-state index in [0.29, 0.717) is 23.9 Å². The van der Waals surface area contributed by atoms with Gasteiger partial charge in [-0.2, -0.15) is 0 Å². The number of carbonyl (C=O) groups is 2. The maximum atomic E-state index is 12.7.